The van der Waals surface area contributed by atoms with Gasteiger partial charge in [-0.15, -0.1) is 0 Å². The van der Waals surface area contributed by atoms with Gasteiger partial charge in [-0.1, -0.05) is 47.0 Å². The maximum Gasteiger partial charge on any atom is 0.0685 e. The quantitative estimate of drug-likeness (QED) is 0.833. The zero-order valence-electron chi connectivity index (χ0n) is 14.8. The van der Waals surface area contributed by atoms with Crippen LogP contribution in [-0.2, 0) is 4.74 Å². The summed E-state index contributed by atoms with van der Waals surface area (Å²) in [6.45, 7) is 10.8. The lowest BCUT2D eigenvalue weighted by Gasteiger charge is -2.46. The van der Waals surface area contributed by atoms with Gasteiger partial charge in [-0.25, -0.2) is 0 Å². The Morgan fingerprint density at radius 1 is 1.00 bits per heavy atom. The maximum atomic E-state index is 6.31. The molecule has 2 aliphatic carbocycles. The van der Waals surface area contributed by atoms with Crippen LogP contribution in [0.2, 0.25) is 0 Å². The van der Waals surface area contributed by atoms with Crippen LogP contribution in [0.4, 0.5) is 0 Å². The van der Waals surface area contributed by atoms with E-state index in [9.17, 15) is 0 Å². The first-order valence-electron chi connectivity index (χ1n) is 9.15. The van der Waals surface area contributed by atoms with Crippen LogP contribution in [0.5, 0.6) is 0 Å². The van der Waals surface area contributed by atoms with Crippen LogP contribution >= 0.6 is 0 Å². The van der Waals surface area contributed by atoms with Crippen LogP contribution in [0.25, 0.3) is 0 Å². The molecule has 21 heavy (non-hydrogen) atoms. The van der Waals surface area contributed by atoms with Crippen molar-refractivity contribution in [3.63, 3.8) is 0 Å². The van der Waals surface area contributed by atoms with E-state index in [4.69, 9.17) is 4.74 Å². The molecule has 2 nitrogen and oxygen atoms in total. The van der Waals surface area contributed by atoms with Gasteiger partial charge in [-0.2, -0.15) is 0 Å². The van der Waals surface area contributed by atoms with Crippen LogP contribution in [-0.4, -0.2) is 25.3 Å². The fourth-order valence-electron chi connectivity index (χ4n) is 5.74. The van der Waals surface area contributed by atoms with Crippen molar-refractivity contribution >= 4 is 0 Å². The molecule has 0 bridgehead atoms. The van der Waals surface area contributed by atoms with E-state index >= 15 is 0 Å². The highest BCUT2D eigenvalue weighted by molar-refractivity contribution is 5.17. The normalized spacial score (nSPS) is 35.6. The maximum absolute atomic E-state index is 6.31. The van der Waals surface area contributed by atoms with Gasteiger partial charge < -0.3 is 10.1 Å². The van der Waals surface area contributed by atoms with Crippen LogP contribution in [0.15, 0.2) is 0 Å². The van der Waals surface area contributed by atoms with Crippen molar-refractivity contribution in [3.05, 3.63) is 0 Å². The van der Waals surface area contributed by atoms with Gasteiger partial charge in [0, 0.05) is 12.6 Å². The predicted octanol–water partition coefficient (Wildman–Crippen LogP) is 4.39. The molecule has 3 fully saturated rings. The van der Waals surface area contributed by atoms with Crippen LogP contribution in [0.1, 0.15) is 72.6 Å². The van der Waals surface area contributed by atoms with Crippen molar-refractivity contribution in [2.24, 2.45) is 22.7 Å². The third-order valence-electron chi connectivity index (χ3n) is 7.63. The average molecular weight is 293 g/mol. The van der Waals surface area contributed by atoms with Crippen molar-refractivity contribution in [2.45, 2.75) is 84.3 Å². The molecule has 2 saturated carbocycles. The van der Waals surface area contributed by atoms with Crippen molar-refractivity contribution in [1.29, 1.82) is 0 Å². The van der Waals surface area contributed by atoms with E-state index in [1.807, 2.05) is 0 Å². The van der Waals surface area contributed by atoms with Gasteiger partial charge in [0.1, 0.15) is 0 Å². The van der Waals surface area contributed by atoms with Crippen LogP contribution in [0, 0.1) is 22.7 Å². The van der Waals surface area contributed by atoms with E-state index in [-0.39, 0.29) is 5.60 Å². The third kappa shape index (κ3) is 2.47. The Hall–Kier alpha value is -0.0800. The summed E-state index contributed by atoms with van der Waals surface area (Å²) in [7, 11) is 2.18. The van der Waals surface area contributed by atoms with Gasteiger partial charge in [0.2, 0.25) is 0 Å². The summed E-state index contributed by atoms with van der Waals surface area (Å²) in [6.07, 6.45) is 9.30. The van der Waals surface area contributed by atoms with Gasteiger partial charge in [0.15, 0.2) is 0 Å². The molecule has 1 saturated heterocycles. The molecule has 2 unspecified atom stereocenters. The lowest BCUT2D eigenvalue weighted by molar-refractivity contribution is -0.123. The van der Waals surface area contributed by atoms with Gasteiger partial charge >= 0.3 is 0 Å². The summed E-state index contributed by atoms with van der Waals surface area (Å²) < 4.78 is 6.31. The minimum absolute atomic E-state index is 0.236. The minimum atomic E-state index is 0.236. The standard InChI is InChI=1S/C19H35NO/c1-17(2)16(18(17,3)4)15(20-5)14-9-12-21-19(13-14)10-7-6-8-11-19/h14-16,20H,6-13H2,1-5H3. The molecular formula is C19H35NO. The fraction of sp³-hybridized carbons (Fsp3) is 1.00. The summed E-state index contributed by atoms with van der Waals surface area (Å²) in [5, 5.41) is 3.71. The second kappa shape index (κ2) is 5.23. The molecule has 0 aromatic carbocycles. The Morgan fingerprint density at radius 3 is 2.14 bits per heavy atom. The second-order valence-electron chi connectivity index (χ2n) is 9.08. The first-order chi connectivity index (χ1) is 9.84. The van der Waals surface area contributed by atoms with Crippen molar-refractivity contribution in [3.8, 4) is 0 Å². The molecule has 1 spiro atoms. The van der Waals surface area contributed by atoms with E-state index in [0.717, 1.165) is 18.4 Å². The highest BCUT2D eigenvalue weighted by Gasteiger charge is 2.68. The number of nitrogens with one attached hydrogen (secondary N) is 1. The van der Waals surface area contributed by atoms with E-state index < -0.39 is 0 Å². The zero-order chi connectivity index (χ0) is 15.3. The summed E-state index contributed by atoms with van der Waals surface area (Å²) in [5.41, 5.74) is 1.18. The Kier molecular flexibility index (Phi) is 3.94. The number of rotatable bonds is 3. The van der Waals surface area contributed by atoms with Gasteiger partial charge in [0.25, 0.3) is 0 Å². The molecule has 1 aliphatic heterocycles. The minimum Gasteiger partial charge on any atom is -0.375 e. The fourth-order valence-corrected chi connectivity index (χ4v) is 5.74. The molecule has 0 aromatic heterocycles. The highest BCUT2D eigenvalue weighted by atomic mass is 16.5. The van der Waals surface area contributed by atoms with Crippen molar-refractivity contribution in [2.75, 3.05) is 13.7 Å². The first-order valence-corrected chi connectivity index (χ1v) is 9.15. The largest absolute Gasteiger partial charge is 0.375 e. The second-order valence-corrected chi connectivity index (χ2v) is 9.08. The Bertz CT molecular complexity index is 362. The third-order valence-corrected chi connectivity index (χ3v) is 7.63. The molecule has 2 atom stereocenters. The van der Waals surface area contributed by atoms with Crippen LogP contribution in [0.3, 0.4) is 0 Å². The zero-order valence-corrected chi connectivity index (χ0v) is 14.8. The molecule has 0 amide bonds. The number of hydrogen-bond acceptors (Lipinski definition) is 2. The Balaban J connectivity index is 1.73. The molecule has 3 aliphatic rings. The Morgan fingerprint density at radius 2 is 1.62 bits per heavy atom. The molecule has 2 heteroatoms. The topological polar surface area (TPSA) is 21.3 Å². The highest BCUT2D eigenvalue weighted by Crippen LogP contribution is 2.70. The Labute approximate surface area is 131 Å². The lowest BCUT2D eigenvalue weighted by Crippen LogP contribution is -2.48. The number of ether oxygens (including phenoxy) is 1. The molecule has 3 rings (SSSR count). The molecule has 0 radical (unpaired) electrons. The van der Waals surface area contributed by atoms with Crippen molar-refractivity contribution < 1.29 is 4.74 Å². The van der Waals surface area contributed by atoms with Gasteiger partial charge in [-0.3, -0.25) is 0 Å². The molecule has 0 aromatic rings. The van der Waals surface area contributed by atoms with E-state index in [0.29, 0.717) is 16.9 Å². The number of hydrogen-bond donors (Lipinski definition) is 1. The van der Waals surface area contributed by atoms with Crippen LogP contribution < -0.4 is 5.32 Å². The van der Waals surface area contributed by atoms with Gasteiger partial charge in [-0.05, 0) is 55.4 Å². The first kappa shape index (κ1) is 15.8. The predicted molar refractivity (Wildman–Crippen MR) is 88.4 cm³/mol. The summed E-state index contributed by atoms with van der Waals surface area (Å²) >= 11 is 0. The SMILES string of the molecule is CNC(C1CCOC2(CCCCC2)C1)C1C(C)(C)C1(C)C. The summed E-state index contributed by atoms with van der Waals surface area (Å²) in [5.74, 6) is 1.60. The molecule has 122 valence electrons. The monoisotopic (exact) mass is 293 g/mol. The lowest BCUT2D eigenvalue weighted by atomic mass is 9.72. The summed E-state index contributed by atoms with van der Waals surface area (Å²) in [4.78, 5) is 0. The van der Waals surface area contributed by atoms with E-state index in [2.05, 4.69) is 40.1 Å². The van der Waals surface area contributed by atoms with Gasteiger partial charge in [0.05, 0.1) is 5.60 Å². The smallest absolute Gasteiger partial charge is 0.0685 e. The van der Waals surface area contributed by atoms with E-state index in [1.165, 1.54) is 44.9 Å². The van der Waals surface area contributed by atoms with E-state index in [1.54, 1.807) is 0 Å². The molecule has 1 heterocycles. The van der Waals surface area contributed by atoms with Crippen molar-refractivity contribution in [1.82, 2.24) is 5.32 Å². The molecular weight excluding hydrogens is 258 g/mol. The summed E-state index contributed by atoms with van der Waals surface area (Å²) in [6, 6.07) is 0.665. The molecule has 1 N–H and O–H groups in total. The average Bonchev–Trinajstić information content (AvgIpc) is 2.84.